The van der Waals surface area contributed by atoms with Crippen LogP contribution in [0.5, 0.6) is 0 Å². The van der Waals surface area contributed by atoms with Gasteiger partial charge < -0.3 is 24.7 Å². The number of rotatable bonds is 8. The van der Waals surface area contributed by atoms with E-state index < -0.39 is 46.9 Å². The molecule has 8 nitrogen and oxygen atoms in total. The fourth-order valence-electron chi connectivity index (χ4n) is 5.94. The van der Waals surface area contributed by atoms with Gasteiger partial charge in [0.2, 0.25) is 5.91 Å². The van der Waals surface area contributed by atoms with Gasteiger partial charge in [-0.25, -0.2) is 0 Å². The molecule has 3 aliphatic rings. The second kappa shape index (κ2) is 8.17. The van der Waals surface area contributed by atoms with Crippen LogP contribution in [0.1, 0.15) is 26.2 Å². The third-order valence-electron chi connectivity index (χ3n) is 7.24. The highest BCUT2D eigenvalue weighted by atomic mass is 35.5. The van der Waals surface area contributed by atoms with Gasteiger partial charge in [0.05, 0.1) is 18.1 Å². The van der Waals surface area contributed by atoms with Crippen LogP contribution in [0.4, 0.5) is 5.69 Å². The minimum Gasteiger partial charge on any atom is -0.481 e. The van der Waals surface area contributed by atoms with Gasteiger partial charge in [0, 0.05) is 23.8 Å². The minimum atomic E-state index is -1.24. The molecule has 2 unspecified atom stereocenters. The molecular formula is C23H27ClN2O6. The Labute approximate surface area is 191 Å². The summed E-state index contributed by atoms with van der Waals surface area (Å²) in [5.41, 5.74) is -1.64. The summed E-state index contributed by atoms with van der Waals surface area (Å²) in [5.74, 6) is -3.94. The number of fused-ring (bicyclic) bond motifs is 1. The molecule has 0 saturated carbocycles. The number of aliphatic hydroxyl groups excluding tert-OH is 1. The van der Waals surface area contributed by atoms with Crippen molar-refractivity contribution in [3.05, 3.63) is 41.9 Å². The number of nitrogens with zero attached hydrogens (tertiary/aromatic N) is 2. The number of carboxylic acids is 1. The number of halogens is 1. The van der Waals surface area contributed by atoms with E-state index in [0.29, 0.717) is 30.0 Å². The molecule has 0 aliphatic carbocycles. The first-order valence-corrected chi connectivity index (χ1v) is 11.2. The van der Waals surface area contributed by atoms with Crippen LogP contribution in [0.25, 0.3) is 0 Å². The van der Waals surface area contributed by atoms with E-state index in [1.807, 2.05) is 6.92 Å². The fraction of sp³-hybridized carbons (Fsp3) is 0.522. The van der Waals surface area contributed by atoms with E-state index in [1.54, 1.807) is 30.3 Å². The van der Waals surface area contributed by atoms with Crippen molar-refractivity contribution in [3.8, 4) is 0 Å². The molecule has 1 spiro atoms. The summed E-state index contributed by atoms with van der Waals surface area (Å²) >= 11 is 6.00. The Morgan fingerprint density at radius 2 is 2.03 bits per heavy atom. The van der Waals surface area contributed by atoms with Gasteiger partial charge in [-0.1, -0.05) is 24.6 Å². The molecule has 1 aromatic rings. The Kier molecular flexibility index (Phi) is 5.81. The number of likely N-dealkylation sites (tertiary alicyclic amines) is 1. The molecular weight excluding hydrogens is 436 g/mol. The zero-order valence-corrected chi connectivity index (χ0v) is 18.6. The van der Waals surface area contributed by atoms with Gasteiger partial charge >= 0.3 is 5.97 Å². The fourth-order valence-corrected chi connectivity index (χ4v) is 6.07. The van der Waals surface area contributed by atoms with Crippen molar-refractivity contribution in [2.75, 3.05) is 24.6 Å². The van der Waals surface area contributed by atoms with E-state index >= 15 is 0 Å². The molecule has 9 heteroatoms. The maximum absolute atomic E-state index is 14.0. The van der Waals surface area contributed by atoms with Crippen LogP contribution in [-0.2, 0) is 19.1 Å². The molecule has 0 aromatic heterocycles. The average Bonchev–Trinajstić information content (AvgIpc) is 3.37. The number of amides is 2. The number of hydrogen-bond acceptors (Lipinski definition) is 5. The van der Waals surface area contributed by atoms with Crippen molar-refractivity contribution in [1.82, 2.24) is 4.90 Å². The van der Waals surface area contributed by atoms with Crippen LogP contribution in [-0.4, -0.2) is 69.8 Å². The zero-order chi connectivity index (χ0) is 23.3. The van der Waals surface area contributed by atoms with Crippen LogP contribution in [0.15, 0.2) is 36.9 Å². The van der Waals surface area contributed by atoms with Crippen molar-refractivity contribution >= 4 is 35.1 Å². The average molecular weight is 463 g/mol. The van der Waals surface area contributed by atoms with Gasteiger partial charge in [0.25, 0.3) is 5.91 Å². The topological polar surface area (TPSA) is 107 Å². The zero-order valence-electron chi connectivity index (χ0n) is 17.9. The number of carbonyl (C=O) groups is 3. The molecule has 2 N–H and O–H groups in total. The molecule has 32 heavy (non-hydrogen) atoms. The van der Waals surface area contributed by atoms with E-state index in [4.69, 9.17) is 16.3 Å². The maximum Gasteiger partial charge on any atom is 0.310 e. The van der Waals surface area contributed by atoms with Gasteiger partial charge in [0.1, 0.15) is 17.6 Å². The van der Waals surface area contributed by atoms with Crippen LogP contribution in [0.2, 0.25) is 5.02 Å². The summed E-state index contributed by atoms with van der Waals surface area (Å²) in [7, 11) is 0. The first-order valence-electron chi connectivity index (χ1n) is 10.8. The van der Waals surface area contributed by atoms with Crippen molar-refractivity contribution in [2.24, 2.45) is 11.8 Å². The first kappa shape index (κ1) is 22.8. The quantitative estimate of drug-likeness (QED) is 0.573. The minimum absolute atomic E-state index is 0.0785. The van der Waals surface area contributed by atoms with Gasteiger partial charge in [-0.3, -0.25) is 14.4 Å². The summed E-state index contributed by atoms with van der Waals surface area (Å²) in [5, 5.41) is 20.2. The number of hydrogen-bond donors (Lipinski definition) is 2. The van der Waals surface area contributed by atoms with Crippen LogP contribution in [0.3, 0.4) is 0 Å². The summed E-state index contributed by atoms with van der Waals surface area (Å²) in [6, 6.07) is 5.69. The summed E-state index contributed by atoms with van der Waals surface area (Å²) < 4.78 is 6.44. The number of anilines is 1. The number of benzene rings is 1. The van der Waals surface area contributed by atoms with Gasteiger partial charge in [-0.15, -0.1) is 6.58 Å². The monoisotopic (exact) mass is 462 g/mol. The number of carboxylic acid groups (broad SMARTS) is 1. The van der Waals surface area contributed by atoms with Crippen molar-refractivity contribution in [1.29, 1.82) is 0 Å². The lowest BCUT2D eigenvalue weighted by atomic mass is 9.65. The second-order valence-electron chi connectivity index (χ2n) is 8.64. The molecule has 2 amide bonds. The third kappa shape index (κ3) is 3.08. The van der Waals surface area contributed by atoms with Crippen molar-refractivity contribution < 1.29 is 29.3 Å². The number of β-amino-alcohol motifs (C(OH)–C–C–N with tert-alkyl or cyclic N) is 1. The number of ether oxygens (including phenoxy) is 1. The van der Waals surface area contributed by atoms with Gasteiger partial charge in [-0.05, 0) is 43.5 Å². The maximum atomic E-state index is 14.0. The highest BCUT2D eigenvalue weighted by Crippen LogP contribution is 2.64. The molecule has 2 bridgehead atoms. The van der Waals surface area contributed by atoms with Crippen LogP contribution < -0.4 is 4.90 Å². The standard InChI is InChI=1S/C23H27ClN2O6/c1-3-11-25(15-7-5-14(24)6-8-15)20(29)18-23-10-9-22(4-2,32-23)17(21(30)31)16(23)19(28)26(18)12-13-27/h3,5-8,16-18,27H,1,4,9-13H2,2H3,(H,30,31)/t16-,17+,18?,22-,23?/m0/s1. The highest BCUT2D eigenvalue weighted by Gasteiger charge is 2.79. The lowest BCUT2D eigenvalue weighted by Crippen LogP contribution is -2.56. The molecule has 3 saturated heterocycles. The molecule has 4 rings (SSSR count). The number of carbonyl (C=O) groups excluding carboxylic acids is 2. The summed E-state index contributed by atoms with van der Waals surface area (Å²) in [4.78, 5) is 42.5. The predicted octanol–water partition coefficient (Wildman–Crippen LogP) is 2.09. The van der Waals surface area contributed by atoms with E-state index in [2.05, 4.69) is 6.58 Å². The van der Waals surface area contributed by atoms with Gasteiger partial charge in [-0.2, -0.15) is 0 Å². The largest absolute Gasteiger partial charge is 0.481 e. The summed E-state index contributed by atoms with van der Waals surface area (Å²) in [6.07, 6.45) is 2.88. The van der Waals surface area contributed by atoms with E-state index in [0.717, 1.165) is 0 Å². The molecule has 1 aromatic carbocycles. The Bertz CT molecular complexity index is 952. The predicted molar refractivity (Wildman–Crippen MR) is 117 cm³/mol. The molecule has 3 fully saturated rings. The number of aliphatic hydroxyl groups is 1. The van der Waals surface area contributed by atoms with Crippen LogP contribution in [0, 0.1) is 11.8 Å². The molecule has 5 atom stereocenters. The van der Waals surface area contributed by atoms with Gasteiger partial charge in [0.15, 0.2) is 0 Å². The highest BCUT2D eigenvalue weighted by molar-refractivity contribution is 6.30. The normalized spacial score (nSPS) is 32.8. The Morgan fingerprint density at radius 1 is 1.34 bits per heavy atom. The van der Waals surface area contributed by atoms with E-state index in [-0.39, 0.29) is 19.7 Å². The lowest BCUT2D eigenvalue weighted by molar-refractivity contribution is -0.155. The van der Waals surface area contributed by atoms with E-state index in [1.165, 1.54) is 9.80 Å². The Balaban J connectivity index is 1.81. The SMILES string of the molecule is C=CCN(C(=O)C1N(CCO)C(=O)[C@@H]2[C@H](C(=O)O)[C@]3(CC)CCC12O3)c1ccc(Cl)cc1. The number of aliphatic carboxylic acids is 1. The smallest absolute Gasteiger partial charge is 0.310 e. The molecule has 172 valence electrons. The summed E-state index contributed by atoms with van der Waals surface area (Å²) in [6.45, 7) is 5.35. The lowest BCUT2D eigenvalue weighted by Gasteiger charge is -2.36. The van der Waals surface area contributed by atoms with Crippen LogP contribution >= 0.6 is 11.6 Å². The third-order valence-corrected chi connectivity index (χ3v) is 7.49. The second-order valence-corrected chi connectivity index (χ2v) is 9.08. The molecule has 3 aliphatic heterocycles. The van der Waals surface area contributed by atoms with Crippen molar-refractivity contribution in [3.63, 3.8) is 0 Å². The molecule has 0 radical (unpaired) electrons. The van der Waals surface area contributed by atoms with Crippen molar-refractivity contribution in [2.45, 2.75) is 43.4 Å². The Hall–Kier alpha value is -2.42. The van der Waals surface area contributed by atoms with E-state index in [9.17, 15) is 24.6 Å². The Morgan fingerprint density at radius 3 is 2.59 bits per heavy atom. The molecule has 3 heterocycles. The first-order chi connectivity index (χ1) is 15.3.